The van der Waals surface area contributed by atoms with Crippen molar-refractivity contribution in [3.8, 4) is 0 Å². The molecule has 4 heteroatoms. The Morgan fingerprint density at radius 3 is 2.80 bits per heavy atom. The van der Waals surface area contributed by atoms with E-state index in [0.29, 0.717) is 12.0 Å². The third-order valence-corrected chi connectivity index (χ3v) is 4.16. The number of anilines is 2. The second kappa shape index (κ2) is 6.91. The summed E-state index contributed by atoms with van der Waals surface area (Å²) in [5.74, 6) is 2.84. The molecule has 4 nitrogen and oxygen atoms in total. The van der Waals surface area contributed by atoms with Gasteiger partial charge in [-0.1, -0.05) is 27.7 Å². The SMILES string of the molecule is CCCNc1ncnc(N2CCCC2C(C)C)c1CC. The van der Waals surface area contributed by atoms with Gasteiger partial charge in [0, 0.05) is 24.7 Å². The van der Waals surface area contributed by atoms with Crippen molar-refractivity contribution in [2.45, 2.75) is 59.4 Å². The van der Waals surface area contributed by atoms with Gasteiger partial charge in [0.15, 0.2) is 0 Å². The van der Waals surface area contributed by atoms with Gasteiger partial charge in [-0.05, 0) is 31.6 Å². The fourth-order valence-electron chi connectivity index (χ4n) is 3.12. The summed E-state index contributed by atoms with van der Waals surface area (Å²) in [5, 5.41) is 3.44. The van der Waals surface area contributed by atoms with Crippen LogP contribution in [-0.4, -0.2) is 29.1 Å². The van der Waals surface area contributed by atoms with Gasteiger partial charge in [-0.25, -0.2) is 9.97 Å². The third kappa shape index (κ3) is 3.05. The van der Waals surface area contributed by atoms with Crippen molar-refractivity contribution in [1.82, 2.24) is 9.97 Å². The molecule has 1 aromatic heterocycles. The van der Waals surface area contributed by atoms with E-state index in [1.54, 1.807) is 6.33 Å². The van der Waals surface area contributed by atoms with E-state index in [4.69, 9.17) is 0 Å². The second-order valence-corrected chi connectivity index (χ2v) is 5.95. The lowest BCUT2D eigenvalue weighted by Gasteiger charge is -2.30. The summed E-state index contributed by atoms with van der Waals surface area (Å²) in [6.45, 7) is 11.1. The molecule has 0 aliphatic carbocycles. The number of hydrogen-bond donors (Lipinski definition) is 1. The van der Waals surface area contributed by atoms with Crippen LogP contribution in [0.5, 0.6) is 0 Å². The van der Waals surface area contributed by atoms with Gasteiger partial charge in [-0.3, -0.25) is 0 Å². The van der Waals surface area contributed by atoms with E-state index in [1.165, 1.54) is 18.4 Å². The minimum atomic E-state index is 0.620. The molecule has 0 spiro atoms. The predicted molar refractivity (Wildman–Crippen MR) is 85.4 cm³/mol. The lowest BCUT2D eigenvalue weighted by Crippen LogP contribution is -2.35. The minimum Gasteiger partial charge on any atom is -0.370 e. The van der Waals surface area contributed by atoms with E-state index in [2.05, 4.69) is 47.9 Å². The molecule has 112 valence electrons. The van der Waals surface area contributed by atoms with Gasteiger partial charge in [0.05, 0.1) is 0 Å². The highest BCUT2D eigenvalue weighted by Gasteiger charge is 2.30. The fraction of sp³-hybridized carbons (Fsp3) is 0.750. The Morgan fingerprint density at radius 1 is 1.35 bits per heavy atom. The Balaban J connectivity index is 2.30. The van der Waals surface area contributed by atoms with Crippen LogP contribution in [0, 0.1) is 5.92 Å². The van der Waals surface area contributed by atoms with Gasteiger partial charge < -0.3 is 10.2 Å². The van der Waals surface area contributed by atoms with Crippen LogP contribution in [0.2, 0.25) is 0 Å². The van der Waals surface area contributed by atoms with Crippen molar-refractivity contribution in [2.24, 2.45) is 5.92 Å². The standard InChI is InChI=1S/C16H28N4/c1-5-9-17-15-13(6-2)16(19-11-18-15)20-10-7-8-14(20)12(3)4/h11-12,14H,5-10H2,1-4H3,(H,17,18,19). The van der Waals surface area contributed by atoms with E-state index >= 15 is 0 Å². The molecule has 1 atom stereocenters. The maximum Gasteiger partial charge on any atom is 0.137 e. The van der Waals surface area contributed by atoms with Crippen LogP contribution in [0.3, 0.4) is 0 Å². The average molecular weight is 276 g/mol. The zero-order valence-corrected chi connectivity index (χ0v) is 13.3. The van der Waals surface area contributed by atoms with E-state index in [-0.39, 0.29) is 0 Å². The summed E-state index contributed by atoms with van der Waals surface area (Å²) in [4.78, 5) is 11.6. The number of rotatable bonds is 6. The molecule has 2 rings (SSSR count). The van der Waals surface area contributed by atoms with E-state index in [9.17, 15) is 0 Å². The van der Waals surface area contributed by atoms with Crippen molar-refractivity contribution < 1.29 is 0 Å². The first-order valence-corrected chi connectivity index (χ1v) is 8.03. The first-order chi connectivity index (χ1) is 9.69. The van der Waals surface area contributed by atoms with Crippen molar-refractivity contribution >= 4 is 11.6 Å². The van der Waals surface area contributed by atoms with Gasteiger partial charge in [-0.15, -0.1) is 0 Å². The molecule has 0 radical (unpaired) electrons. The van der Waals surface area contributed by atoms with Crippen LogP contribution in [0.25, 0.3) is 0 Å². The molecule has 0 bridgehead atoms. The molecule has 1 N–H and O–H groups in total. The Morgan fingerprint density at radius 2 is 2.15 bits per heavy atom. The van der Waals surface area contributed by atoms with E-state index in [0.717, 1.165) is 37.6 Å². The summed E-state index contributed by atoms with van der Waals surface area (Å²) < 4.78 is 0. The maximum absolute atomic E-state index is 4.61. The fourth-order valence-corrected chi connectivity index (χ4v) is 3.12. The lowest BCUT2D eigenvalue weighted by atomic mass is 10.0. The van der Waals surface area contributed by atoms with Crippen LogP contribution in [0.4, 0.5) is 11.6 Å². The third-order valence-electron chi connectivity index (χ3n) is 4.16. The highest BCUT2D eigenvalue weighted by molar-refractivity contribution is 5.59. The topological polar surface area (TPSA) is 41.1 Å². The molecule has 1 fully saturated rings. The molecule has 1 saturated heterocycles. The van der Waals surface area contributed by atoms with Gasteiger partial charge in [-0.2, -0.15) is 0 Å². The molecule has 20 heavy (non-hydrogen) atoms. The average Bonchev–Trinajstić information content (AvgIpc) is 2.93. The highest BCUT2D eigenvalue weighted by Crippen LogP contribution is 2.32. The normalized spacial score (nSPS) is 18.9. The van der Waals surface area contributed by atoms with Crippen LogP contribution in [0.1, 0.15) is 52.5 Å². The molecule has 1 aromatic rings. The first kappa shape index (κ1) is 15.1. The van der Waals surface area contributed by atoms with Crippen molar-refractivity contribution in [2.75, 3.05) is 23.3 Å². The summed E-state index contributed by atoms with van der Waals surface area (Å²) in [5.41, 5.74) is 1.27. The van der Waals surface area contributed by atoms with Crippen LogP contribution < -0.4 is 10.2 Å². The molecule has 1 aliphatic rings. The molecule has 1 aliphatic heterocycles. The molecule has 0 amide bonds. The maximum atomic E-state index is 4.61. The molecule has 0 saturated carbocycles. The van der Waals surface area contributed by atoms with Gasteiger partial charge in [0.25, 0.3) is 0 Å². The van der Waals surface area contributed by atoms with Crippen molar-refractivity contribution in [1.29, 1.82) is 0 Å². The summed E-state index contributed by atoms with van der Waals surface area (Å²) in [6, 6.07) is 0.620. The lowest BCUT2D eigenvalue weighted by molar-refractivity contribution is 0.488. The molecule has 1 unspecified atom stereocenters. The number of aromatic nitrogens is 2. The van der Waals surface area contributed by atoms with Crippen molar-refractivity contribution in [3.63, 3.8) is 0 Å². The number of nitrogens with one attached hydrogen (secondary N) is 1. The molecule has 2 heterocycles. The molecule has 0 aromatic carbocycles. The zero-order chi connectivity index (χ0) is 14.5. The first-order valence-electron chi connectivity index (χ1n) is 8.03. The Hall–Kier alpha value is -1.32. The zero-order valence-electron chi connectivity index (χ0n) is 13.3. The summed E-state index contributed by atoms with van der Waals surface area (Å²) >= 11 is 0. The second-order valence-electron chi connectivity index (χ2n) is 5.95. The highest BCUT2D eigenvalue weighted by atomic mass is 15.2. The molecular weight excluding hydrogens is 248 g/mol. The smallest absolute Gasteiger partial charge is 0.137 e. The Labute approximate surface area is 123 Å². The largest absolute Gasteiger partial charge is 0.370 e. The quantitative estimate of drug-likeness (QED) is 0.863. The summed E-state index contributed by atoms with van der Waals surface area (Å²) in [7, 11) is 0. The number of nitrogens with zero attached hydrogens (tertiary/aromatic N) is 3. The number of hydrogen-bond acceptors (Lipinski definition) is 4. The van der Waals surface area contributed by atoms with Gasteiger partial charge >= 0.3 is 0 Å². The van der Waals surface area contributed by atoms with Gasteiger partial charge in [0.2, 0.25) is 0 Å². The Bertz CT molecular complexity index is 430. The van der Waals surface area contributed by atoms with Gasteiger partial charge in [0.1, 0.15) is 18.0 Å². The van der Waals surface area contributed by atoms with Crippen molar-refractivity contribution in [3.05, 3.63) is 11.9 Å². The van der Waals surface area contributed by atoms with Crippen LogP contribution >= 0.6 is 0 Å². The van der Waals surface area contributed by atoms with E-state index in [1.807, 2.05) is 0 Å². The molecular formula is C16H28N4. The van der Waals surface area contributed by atoms with E-state index < -0.39 is 0 Å². The summed E-state index contributed by atoms with van der Waals surface area (Å²) in [6.07, 6.45) is 6.35. The Kier molecular flexibility index (Phi) is 5.21. The monoisotopic (exact) mass is 276 g/mol. The predicted octanol–water partition coefficient (Wildman–Crippen LogP) is 3.49. The van der Waals surface area contributed by atoms with Crippen LogP contribution in [-0.2, 0) is 6.42 Å². The van der Waals surface area contributed by atoms with Crippen LogP contribution in [0.15, 0.2) is 6.33 Å². The minimum absolute atomic E-state index is 0.620.